The van der Waals surface area contributed by atoms with Crippen molar-refractivity contribution in [3.63, 3.8) is 0 Å². The summed E-state index contributed by atoms with van der Waals surface area (Å²) < 4.78 is 23.3. The smallest absolute Gasteiger partial charge is 0.238 e. The number of hydrogen-bond donors (Lipinski definition) is 2. The van der Waals surface area contributed by atoms with Crippen LogP contribution in [0.25, 0.3) is 0 Å². The summed E-state index contributed by atoms with van der Waals surface area (Å²) in [5.41, 5.74) is 1.02. The molecular formula is C12H13BrN2O2S2. The summed E-state index contributed by atoms with van der Waals surface area (Å²) in [6.07, 6.45) is 0. The lowest BCUT2D eigenvalue weighted by atomic mass is 10.2. The van der Waals surface area contributed by atoms with Gasteiger partial charge in [0.2, 0.25) is 10.0 Å². The molecule has 0 saturated carbocycles. The van der Waals surface area contributed by atoms with Gasteiger partial charge in [0.25, 0.3) is 0 Å². The molecule has 19 heavy (non-hydrogen) atoms. The SMILES string of the molecule is NS(=O)(=O)c1ccc(CNCc2ccc(Br)s2)cc1. The highest BCUT2D eigenvalue weighted by Gasteiger charge is 2.06. The third-order valence-corrected chi connectivity index (χ3v) is 5.06. The van der Waals surface area contributed by atoms with Crippen LogP contribution in [0.1, 0.15) is 10.4 Å². The number of sulfonamides is 1. The van der Waals surface area contributed by atoms with E-state index in [1.54, 1.807) is 23.5 Å². The largest absolute Gasteiger partial charge is 0.308 e. The van der Waals surface area contributed by atoms with E-state index in [-0.39, 0.29) is 4.90 Å². The summed E-state index contributed by atoms with van der Waals surface area (Å²) >= 11 is 5.10. The van der Waals surface area contributed by atoms with Crippen molar-refractivity contribution in [1.29, 1.82) is 0 Å². The fourth-order valence-electron chi connectivity index (χ4n) is 1.57. The molecule has 0 amide bonds. The van der Waals surface area contributed by atoms with Crippen molar-refractivity contribution < 1.29 is 8.42 Å². The van der Waals surface area contributed by atoms with Gasteiger partial charge >= 0.3 is 0 Å². The van der Waals surface area contributed by atoms with Crippen molar-refractivity contribution in [2.45, 2.75) is 18.0 Å². The summed E-state index contributed by atoms with van der Waals surface area (Å²) in [4.78, 5) is 1.38. The maximum atomic E-state index is 11.1. The van der Waals surface area contributed by atoms with E-state index in [1.807, 2.05) is 6.07 Å². The zero-order valence-electron chi connectivity index (χ0n) is 9.97. The molecule has 0 aliphatic heterocycles. The third-order valence-electron chi connectivity index (χ3n) is 2.51. The number of nitrogens with two attached hydrogens (primary N) is 1. The molecule has 0 saturated heterocycles. The Morgan fingerprint density at radius 3 is 2.32 bits per heavy atom. The summed E-state index contributed by atoms with van der Waals surface area (Å²) in [5, 5.41) is 8.34. The lowest BCUT2D eigenvalue weighted by molar-refractivity contribution is 0.597. The summed E-state index contributed by atoms with van der Waals surface area (Å²) in [5.74, 6) is 0. The number of halogens is 1. The number of rotatable bonds is 5. The van der Waals surface area contributed by atoms with Crippen molar-refractivity contribution in [3.8, 4) is 0 Å². The molecule has 0 fully saturated rings. The van der Waals surface area contributed by atoms with Gasteiger partial charge in [-0.3, -0.25) is 0 Å². The molecule has 1 aromatic carbocycles. The molecule has 0 unspecified atom stereocenters. The number of nitrogens with one attached hydrogen (secondary N) is 1. The Hall–Kier alpha value is -0.730. The van der Waals surface area contributed by atoms with Gasteiger partial charge in [0.15, 0.2) is 0 Å². The van der Waals surface area contributed by atoms with Crippen LogP contribution in [0.3, 0.4) is 0 Å². The molecule has 0 spiro atoms. The highest BCUT2D eigenvalue weighted by molar-refractivity contribution is 9.11. The highest BCUT2D eigenvalue weighted by atomic mass is 79.9. The van der Waals surface area contributed by atoms with Crippen molar-refractivity contribution >= 4 is 37.3 Å². The van der Waals surface area contributed by atoms with Gasteiger partial charge in [-0.2, -0.15) is 0 Å². The third kappa shape index (κ3) is 4.39. The number of thiophene rings is 1. The Bertz CT molecular complexity index is 651. The van der Waals surface area contributed by atoms with Crippen molar-refractivity contribution in [2.75, 3.05) is 0 Å². The zero-order chi connectivity index (χ0) is 13.9. The van der Waals surface area contributed by atoms with E-state index in [1.165, 1.54) is 17.0 Å². The minimum Gasteiger partial charge on any atom is -0.308 e. The summed E-state index contributed by atoms with van der Waals surface area (Å²) in [6, 6.07) is 10.6. The molecule has 0 aliphatic carbocycles. The van der Waals surface area contributed by atoms with Gasteiger partial charge in [-0.05, 0) is 45.8 Å². The highest BCUT2D eigenvalue weighted by Crippen LogP contribution is 2.21. The zero-order valence-corrected chi connectivity index (χ0v) is 13.2. The Morgan fingerprint density at radius 1 is 1.11 bits per heavy atom. The maximum absolute atomic E-state index is 11.1. The van der Waals surface area contributed by atoms with Crippen LogP contribution >= 0.6 is 27.3 Å². The average Bonchev–Trinajstić information content (AvgIpc) is 2.75. The second kappa shape index (κ2) is 6.15. The molecular weight excluding hydrogens is 348 g/mol. The van der Waals surface area contributed by atoms with E-state index < -0.39 is 10.0 Å². The molecule has 1 heterocycles. The lowest BCUT2D eigenvalue weighted by Crippen LogP contribution is -2.13. The molecule has 0 bridgehead atoms. The first-order chi connectivity index (χ1) is 8.95. The molecule has 1 aromatic heterocycles. The number of benzene rings is 1. The first-order valence-corrected chi connectivity index (χ1v) is 8.67. The van der Waals surface area contributed by atoms with E-state index in [9.17, 15) is 8.42 Å². The van der Waals surface area contributed by atoms with Gasteiger partial charge in [0, 0.05) is 18.0 Å². The first kappa shape index (κ1) is 14.7. The van der Waals surface area contributed by atoms with Crippen LogP contribution in [0, 0.1) is 0 Å². The Balaban J connectivity index is 1.90. The minimum atomic E-state index is -3.60. The van der Waals surface area contributed by atoms with E-state index >= 15 is 0 Å². The van der Waals surface area contributed by atoms with E-state index in [0.29, 0.717) is 6.54 Å². The van der Waals surface area contributed by atoms with Gasteiger partial charge in [-0.25, -0.2) is 13.6 Å². The molecule has 0 aliphatic rings. The van der Waals surface area contributed by atoms with Crippen LogP contribution in [-0.2, 0) is 23.1 Å². The standard InChI is InChI=1S/C12H13BrN2O2S2/c13-12-6-3-10(18-12)8-15-7-9-1-4-11(5-2-9)19(14,16)17/h1-6,15H,7-8H2,(H2,14,16,17). The minimum absolute atomic E-state index is 0.137. The average molecular weight is 361 g/mol. The fraction of sp³-hybridized carbons (Fsp3) is 0.167. The second-order valence-corrected chi connectivity index (χ2v) is 8.11. The van der Waals surface area contributed by atoms with Crippen molar-refractivity contribution in [3.05, 3.63) is 50.6 Å². The van der Waals surface area contributed by atoms with Crippen molar-refractivity contribution in [1.82, 2.24) is 5.32 Å². The van der Waals surface area contributed by atoms with Crippen LogP contribution in [0.4, 0.5) is 0 Å². The molecule has 2 aromatic rings. The normalized spacial score (nSPS) is 11.7. The van der Waals surface area contributed by atoms with Crippen LogP contribution in [0.5, 0.6) is 0 Å². The Morgan fingerprint density at radius 2 is 1.79 bits per heavy atom. The fourth-order valence-corrected chi connectivity index (χ4v) is 3.54. The number of primary sulfonamides is 1. The quantitative estimate of drug-likeness (QED) is 0.859. The molecule has 7 heteroatoms. The van der Waals surface area contributed by atoms with Crippen LogP contribution < -0.4 is 10.5 Å². The number of hydrogen-bond acceptors (Lipinski definition) is 4. The second-order valence-electron chi connectivity index (χ2n) is 4.00. The molecule has 2 rings (SSSR count). The Labute approximate surface area is 124 Å². The van der Waals surface area contributed by atoms with Gasteiger partial charge in [-0.1, -0.05) is 12.1 Å². The van der Waals surface area contributed by atoms with Gasteiger partial charge in [0.05, 0.1) is 8.68 Å². The lowest BCUT2D eigenvalue weighted by Gasteiger charge is -2.04. The van der Waals surface area contributed by atoms with Crippen molar-refractivity contribution in [2.24, 2.45) is 5.14 Å². The predicted octanol–water partition coefficient (Wildman–Crippen LogP) is 2.45. The molecule has 102 valence electrons. The van der Waals surface area contributed by atoms with E-state index in [0.717, 1.165) is 15.9 Å². The summed E-state index contributed by atoms with van der Waals surface area (Å²) in [6.45, 7) is 1.47. The van der Waals surface area contributed by atoms with Gasteiger partial charge in [0.1, 0.15) is 0 Å². The molecule has 3 N–H and O–H groups in total. The summed E-state index contributed by atoms with van der Waals surface area (Å²) in [7, 11) is -3.60. The van der Waals surface area contributed by atoms with E-state index in [2.05, 4.69) is 27.3 Å². The molecule has 0 radical (unpaired) electrons. The Kier molecular flexibility index (Phi) is 4.75. The van der Waals surface area contributed by atoms with E-state index in [4.69, 9.17) is 5.14 Å². The predicted molar refractivity (Wildman–Crippen MR) is 80.4 cm³/mol. The van der Waals surface area contributed by atoms with Crippen LogP contribution in [0.2, 0.25) is 0 Å². The van der Waals surface area contributed by atoms with Crippen LogP contribution in [0.15, 0.2) is 45.1 Å². The van der Waals surface area contributed by atoms with Gasteiger partial charge in [-0.15, -0.1) is 11.3 Å². The topological polar surface area (TPSA) is 72.2 Å². The first-order valence-electron chi connectivity index (χ1n) is 5.52. The van der Waals surface area contributed by atoms with Crippen LogP contribution in [-0.4, -0.2) is 8.42 Å². The monoisotopic (exact) mass is 360 g/mol. The maximum Gasteiger partial charge on any atom is 0.238 e. The molecule has 4 nitrogen and oxygen atoms in total. The van der Waals surface area contributed by atoms with Gasteiger partial charge < -0.3 is 5.32 Å². The molecule has 0 atom stereocenters.